The summed E-state index contributed by atoms with van der Waals surface area (Å²) in [5, 5.41) is 2.96. The molecule has 23 heavy (non-hydrogen) atoms. The van der Waals surface area contributed by atoms with Gasteiger partial charge >= 0.3 is 0 Å². The molecule has 0 aromatic heterocycles. The zero-order valence-electron chi connectivity index (χ0n) is 13.9. The van der Waals surface area contributed by atoms with Crippen molar-refractivity contribution in [1.29, 1.82) is 0 Å². The monoisotopic (exact) mass is 308 g/mol. The molecule has 0 bridgehead atoms. The standard InChI is InChI=1S/C20H24N2O/c1-15-5-7-17(8-6-15)20(23)21-18-9-11-19(12-10-18)22-13-3-4-16(2)14-22/h5-12,16H,3-4,13-14H2,1-2H3,(H,21,23). The first-order valence-corrected chi connectivity index (χ1v) is 8.35. The molecule has 1 amide bonds. The van der Waals surface area contributed by atoms with E-state index < -0.39 is 0 Å². The Morgan fingerprint density at radius 2 is 1.78 bits per heavy atom. The Morgan fingerprint density at radius 3 is 2.43 bits per heavy atom. The van der Waals surface area contributed by atoms with Crippen LogP contribution in [0, 0.1) is 12.8 Å². The number of nitrogens with zero attached hydrogens (tertiary/aromatic N) is 1. The van der Waals surface area contributed by atoms with Crippen LogP contribution in [0.1, 0.15) is 35.7 Å². The second-order valence-corrected chi connectivity index (χ2v) is 6.56. The van der Waals surface area contributed by atoms with Gasteiger partial charge in [-0.2, -0.15) is 0 Å². The molecule has 2 aromatic rings. The van der Waals surface area contributed by atoms with Gasteiger partial charge in [-0.1, -0.05) is 24.6 Å². The van der Waals surface area contributed by atoms with E-state index in [9.17, 15) is 4.79 Å². The highest BCUT2D eigenvalue weighted by atomic mass is 16.1. The minimum atomic E-state index is -0.0654. The molecule has 2 aromatic carbocycles. The van der Waals surface area contributed by atoms with Crippen LogP contribution in [0.15, 0.2) is 48.5 Å². The molecule has 1 atom stereocenters. The number of carbonyl (C=O) groups is 1. The number of hydrogen-bond donors (Lipinski definition) is 1. The predicted molar refractivity (Wildman–Crippen MR) is 96.2 cm³/mol. The summed E-state index contributed by atoms with van der Waals surface area (Å²) in [6, 6.07) is 15.8. The first-order chi connectivity index (χ1) is 11.1. The molecule has 3 nitrogen and oxygen atoms in total. The largest absolute Gasteiger partial charge is 0.371 e. The molecule has 1 saturated heterocycles. The average molecular weight is 308 g/mol. The van der Waals surface area contributed by atoms with E-state index in [4.69, 9.17) is 0 Å². The first kappa shape index (κ1) is 15.6. The molecule has 0 spiro atoms. The summed E-state index contributed by atoms with van der Waals surface area (Å²) < 4.78 is 0. The van der Waals surface area contributed by atoms with Crippen molar-refractivity contribution in [3.8, 4) is 0 Å². The van der Waals surface area contributed by atoms with Crippen LogP contribution in [0.5, 0.6) is 0 Å². The Labute approximate surface area is 138 Å². The van der Waals surface area contributed by atoms with E-state index in [1.165, 1.54) is 18.5 Å². The summed E-state index contributed by atoms with van der Waals surface area (Å²) >= 11 is 0. The fraction of sp³-hybridized carbons (Fsp3) is 0.350. The Kier molecular flexibility index (Phi) is 4.65. The van der Waals surface area contributed by atoms with E-state index >= 15 is 0 Å². The van der Waals surface area contributed by atoms with E-state index in [0.29, 0.717) is 5.56 Å². The topological polar surface area (TPSA) is 32.3 Å². The third-order valence-electron chi connectivity index (χ3n) is 4.46. The lowest BCUT2D eigenvalue weighted by atomic mass is 10.00. The van der Waals surface area contributed by atoms with Crippen molar-refractivity contribution in [3.63, 3.8) is 0 Å². The molecule has 3 rings (SSSR count). The van der Waals surface area contributed by atoms with Gasteiger partial charge in [-0.25, -0.2) is 0 Å². The Morgan fingerprint density at radius 1 is 1.09 bits per heavy atom. The van der Waals surface area contributed by atoms with Crippen LogP contribution in [-0.4, -0.2) is 19.0 Å². The van der Waals surface area contributed by atoms with Crippen LogP contribution in [0.25, 0.3) is 0 Å². The van der Waals surface area contributed by atoms with E-state index in [1.807, 2.05) is 43.3 Å². The lowest BCUT2D eigenvalue weighted by molar-refractivity contribution is 0.102. The van der Waals surface area contributed by atoms with Gasteiger partial charge in [0.1, 0.15) is 0 Å². The number of hydrogen-bond acceptors (Lipinski definition) is 2. The SMILES string of the molecule is Cc1ccc(C(=O)Nc2ccc(N3CCCC(C)C3)cc2)cc1. The number of nitrogens with one attached hydrogen (secondary N) is 1. The summed E-state index contributed by atoms with van der Waals surface area (Å²) in [5.41, 5.74) is 3.92. The maximum Gasteiger partial charge on any atom is 0.255 e. The van der Waals surface area contributed by atoms with Gasteiger partial charge in [-0.15, -0.1) is 0 Å². The minimum Gasteiger partial charge on any atom is -0.371 e. The van der Waals surface area contributed by atoms with Crippen molar-refractivity contribution in [2.75, 3.05) is 23.3 Å². The third kappa shape index (κ3) is 3.92. The van der Waals surface area contributed by atoms with Gasteiger partial charge in [-0.05, 0) is 62.1 Å². The van der Waals surface area contributed by atoms with Crippen molar-refractivity contribution in [3.05, 3.63) is 59.7 Å². The van der Waals surface area contributed by atoms with E-state index in [0.717, 1.165) is 30.3 Å². The number of amides is 1. The van der Waals surface area contributed by atoms with Gasteiger partial charge < -0.3 is 10.2 Å². The minimum absolute atomic E-state index is 0.0654. The number of benzene rings is 2. The Hall–Kier alpha value is -2.29. The highest BCUT2D eigenvalue weighted by Crippen LogP contribution is 2.24. The molecule has 3 heteroatoms. The van der Waals surface area contributed by atoms with Crippen molar-refractivity contribution >= 4 is 17.3 Å². The summed E-state index contributed by atoms with van der Waals surface area (Å²) in [7, 11) is 0. The molecule has 1 heterocycles. The quantitative estimate of drug-likeness (QED) is 0.906. The highest BCUT2D eigenvalue weighted by molar-refractivity contribution is 6.04. The van der Waals surface area contributed by atoms with Crippen molar-refractivity contribution in [2.24, 2.45) is 5.92 Å². The normalized spacial score (nSPS) is 17.8. The summed E-state index contributed by atoms with van der Waals surface area (Å²) in [5.74, 6) is 0.689. The van der Waals surface area contributed by atoms with Crippen molar-refractivity contribution in [1.82, 2.24) is 0 Å². The van der Waals surface area contributed by atoms with Crippen LogP contribution in [0.2, 0.25) is 0 Å². The number of anilines is 2. The molecule has 1 fully saturated rings. The van der Waals surface area contributed by atoms with E-state index in [2.05, 4.69) is 29.3 Å². The highest BCUT2D eigenvalue weighted by Gasteiger charge is 2.16. The van der Waals surface area contributed by atoms with Crippen LogP contribution in [0.3, 0.4) is 0 Å². The molecule has 0 saturated carbocycles. The Balaban J connectivity index is 1.65. The first-order valence-electron chi connectivity index (χ1n) is 8.35. The second kappa shape index (κ2) is 6.86. The van der Waals surface area contributed by atoms with E-state index in [1.54, 1.807) is 0 Å². The number of rotatable bonds is 3. The van der Waals surface area contributed by atoms with Crippen molar-refractivity contribution < 1.29 is 4.79 Å². The molecular formula is C20H24N2O. The maximum absolute atomic E-state index is 12.2. The van der Waals surface area contributed by atoms with Crippen LogP contribution < -0.4 is 10.2 Å². The van der Waals surface area contributed by atoms with Gasteiger partial charge in [0.25, 0.3) is 5.91 Å². The molecule has 0 radical (unpaired) electrons. The van der Waals surface area contributed by atoms with Gasteiger partial charge in [-0.3, -0.25) is 4.79 Å². The number of carbonyl (C=O) groups excluding carboxylic acids is 1. The third-order valence-corrected chi connectivity index (χ3v) is 4.46. The van der Waals surface area contributed by atoms with Crippen LogP contribution in [0.4, 0.5) is 11.4 Å². The zero-order chi connectivity index (χ0) is 16.2. The fourth-order valence-corrected chi connectivity index (χ4v) is 3.09. The molecule has 1 aliphatic heterocycles. The Bertz CT molecular complexity index is 661. The molecular weight excluding hydrogens is 284 g/mol. The summed E-state index contributed by atoms with van der Waals surface area (Å²) in [6.45, 7) is 6.57. The van der Waals surface area contributed by atoms with Gasteiger partial charge in [0.15, 0.2) is 0 Å². The van der Waals surface area contributed by atoms with Gasteiger partial charge in [0.05, 0.1) is 0 Å². The molecule has 1 N–H and O–H groups in total. The van der Waals surface area contributed by atoms with Crippen LogP contribution in [-0.2, 0) is 0 Å². The molecule has 0 aliphatic carbocycles. The second-order valence-electron chi connectivity index (χ2n) is 6.56. The summed E-state index contributed by atoms with van der Waals surface area (Å²) in [6.07, 6.45) is 2.58. The lowest BCUT2D eigenvalue weighted by Gasteiger charge is -2.32. The van der Waals surface area contributed by atoms with Gasteiger partial charge in [0.2, 0.25) is 0 Å². The molecule has 120 valence electrons. The van der Waals surface area contributed by atoms with Gasteiger partial charge in [0, 0.05) is 30.0 Å². The predicted octanol–water partition coefficient (Wildman–Crippen LogP) is 4.48. The molecule has 1 aliphatic rings. The van der Waals surface area contributed by atoms with Crippen LogP contribution >= 0.6 is 0 Å². The smallest absolute Gasteiger partial charge is 0.255 e. The summed E-state index contributed by atoms with van der Waals surface area (Å²) in [4.78, 5) is 14.7. The van der Waals surface area contributed by atoms with E-state index in [-0.39, 0.29) is 5.91 Å². The lowest BCUT2D eigenvalue weighted by Crippen LogP contribution is -2.34. The fourth-order valence-electron chi connectivity index (χ4n) is 3.09. The zero-order valence-corrected chi connectivity index (χ0v) is 13.9. The number of piperidine rings is 1. The maximum atomic E-state index is 12.2. The van der Waals surface area contributed by atoms with Crippen molar-refractivity contribution in [2.45, 2.75) is 26.7 Å². The molecule has 1 unspecified atom stereocenters. The number of aryl methyl sites for hydroxylation is 1. The average Bonchev–Trinajstić information content (AvgIpc) is 2.56.